The number of amides is 12. The molecule has 0 radical (unpaired) electrons. The Morgan fingerprint density at radius 1 is 0.558 bits per heavy atom. The Labute approximate surface area is 555 Å². The van der Waals surface area contributed by atoms with Crippen LogP contribution in [0.2, 0.25) is 0 Å². The summed E-state index contributed by atoms with van der Waals surface area (Å²) < 4.78 is 10.3. The molecule has 522 valence electrons. The molecule has 2 fully saturated rings. The lowest BCUT2D eigenvalue weighted by Gasteiger charge is -2.30. The third-order valence-corrected chi connectivity index (χ3v) is 15.4. The van der Waals surface area contributed by atoms with Gasteiger partial charge in [0.25, 0.3) is 11.8 Å². The van der Waals surface area contributed by atoms with Gasteiger partial charge in [-0.3, -0.25) is 62.7 Å². The third kappa shape index (κ3) is 25.8. The van der Waals surface area contributed by atoms with Crippen LogP contribution < -0.4 is 53.2 Å². The first kappa shape index (κ1) is 78.1. The van der Waals surface area contributed by atoms with Crippen LogP contribution in [0.5, 0.6) is 0 Å². The molecule has 2 aliphatic rings. The molecular weight excluding hydrogens is 1230 g/mol. The summed E-state index contributed by atoms with van der Waals surface area (Å²) in [5.74, 6) is -9.04. The van der Waals surface area contributed by atoms with Crippen LogP contribution in [0, 0.1) is 23.7 Å². The van der Waals surface area contributed by atoms with Crippen molar-refractivity contribution in [2.75, 3.05) is 33.3 Å². The van der Waals surface area contributed by atoms with Crippen molar-refractivity contribution in [3.05, 3.63) is 71.6 Å². The van der Waals surface area contributed by atoms with Gasteiger partial charge in [-0.25, -0.2) is 9.59 Å². The summed E-state index contributed by atoms with van der Waals surface area (Å²) in [5, 5.41) is 26.8. The lowest BCUT2D eigenvalue weighted by molar-refractivity contribution is -0.150. The number of pyridine rings is 2. The van der Waals surface area contributed by atoms with E-state index in [2.05, 4.69) is 63.1 Å². The number of hydrogen-bond acceptors (Lipinski definition) is 17. The summed E-state index contributed by atoms with van der Waals surface area (Å²) >= 11 is 0. The molecule has 0 saturated carbocycles. The zero-order chi connectivity index (χ0) is 70.5. The summed E-state index contributed by atoms with van der Waals surface area (Å²) in [6.07, 6.45) is 10.5. The predicted molar refractivity (Wildman–Crippen MR) is 350 cm³/mol. The Hall–Kier alpha value is -9.31. The number of nitrogens with one attached hydrogen (secondary N) is 10. The van der Waals surface area contributed by atoms with E-state index >= 15 is 0 Å². The van der Waals surface area contributed by atoms with Crippen LogP contribution in [0.4, 0.5) is 4.79 Å². The molecule has 29 heteroatoms. The van der Waals surface area contributed by atoms with E-state index in [1.54, 1.807) is 72.7 Å². The Morgan fingerprint density at radius 2 is 0.968 bits per heavy atom. The Morgan fingerprint density at radius 3 is 1.35 bits per heavy atom. The van der Waals surface area contributed by atoms with Crippen molar-refractivity contribution in [1.29, 1.82) is 0 Å². The highest BCUT2D eigenvalue weighted by atomic mass is 16.6. The second-order valence-electron chi connectivity index (χ2n) is 26.0. The number of ether oxygens (including phenoxy) is 2. The van der Waals surface area contributed by atoms with Crippen LogP contribution >= 0.6 is 0 Å². The highest BCUT2D eigenvalue weighted by molar-refractivity contribution is 6.06. The molecule has 10 N–H and O–H groups in total. The summed E-state index contributed by atoms with van der Waals surface area (Å²) in [6.45, 7) is 19.4. The zero-order valence-corrected chi connectivity index (χ0v) is 56.7. The fourth-order valence-electron chi connectivity index (χ4n) is 10.7. The van der Waals surface area contributed by atoms with Crippen molar-refractivity contribution in [3.63, 3.8) is 0 Å². The third-order valence-electron chi connectivity index (χ3n) is 15.4. The van der Waals surface area contributed by atoms with E-state index in [1.807, 2.05) is 27.7 Å². The molecule has 8 atom stereocenters. The van der Waals surface area contributed by atoms with Crippen LogP contribution in [0.1, 0.15) is 151 Å². The van der Waals surface area contributed by atoms with Crippen LogP contribution in [0.15, 0.2) is 60.4 Å². The van der Waals surface area contributed by atoms with Crippen molar-refractivity contribution in [3.8, 4) is 0 Å². The normalized spacial score (nSPS) is 16.8. The molecule has 2 aromatic heterocycles. The van der Waals surface area contributed by atoms with Crippen molar-refractivity contribution in [2.24, 2.45) is 23.7 Å². The number of nitrogens with zero attached hydrogens (tertiary/aromatic N) is 4. The van der Waals surface area contributed by atoms with E-state index in [9.17, 15) is 62.3 Å². The Balaban J connectivity index is 1.60. The minimum Gasteiger partial charge on any atom is -0.467 e. The number of alkyl carbamates (subject to hydrolysis) is 1. The van der Waals surface area contributed by atoms with Gasteiger partial charge in [-0.1, -0.05) is 67.5 Å². The number of carbonyl (C=O) groups excluding carboxylic acids is 13. The molecule has 2 aromatic rings. The lowest BCUT2D eigenvalue weighted by atomic mass is 10.00. The van der Waals surface area contributed by atoms with Crippen molar-refractivity contribution in [2.45, 2.75) is 194 Å². The molecule has 0 unspecified atom stereocenters. The number of aromatic nitrogens is 2. The van der Waals surface area contributed by atoms with Gasteiger partial charge >= 0.3 is 12.1 Å². The summed E-state index contributed by atoms with van der Waals surface area (Å²) in [5.41, 5.74) is -0.546. The van der Waals surface area contributed by atoms with E-state index < -0.39 is 131 Å². The number of esters is 1. The van der Waals surface area contributed by atoms with Gasteiger partial charge in [0.05, 0.1) is 7.11 Å². The van der Waals surface area contributed by atoms with Gasteiger partial charge < -0.3 is 72.4 Å². The second kappa shape index (κ2) is 38.8. The summed E-state index contributed by atoms with van der Waals surface area (Å²) in [6, 6.07) is -3.29. The predicted octanol–water partition coefficient (Wildman–Crippen LogP) is 2.02. The standard InChI is InChI=1S/C66H98N14O15/c1-39(2)31-47(74-56(84)46(22-16-28-70-38-82)72-61(89)54(42(7)8)78-65(93)95-66(9,10)11)57(85)75-49(33-43-19-13-25-67-35-43)62(90)79-29-17-23-51(79)59(87)77-53(41(5)6)60(88)71-45(21-15-27-69-37-81)55(83)73-48(32-40(3)4)58(86)76-50(34-44-20-14-26-68-36-44)63(91)80-30-18-24-52(80)64(92)94-12/h13-14,19-20,25-26,33-42,45-48,51-54H,15-18,21-24,27-32H2,1-12H3,(H,69,81)(H,70,82)(H,71,88)(H,72,89)(H,73,83)(H,74,84)(H,75,85)(H,76,86)(H,77,87)(H,78,93)/b49-33-,50-34-/t45-,46-,47-,48-,51-,52-,53-,54-/m0/s1. The molecule has 0 spiro atoms. The van der Waals surface area contributed by atoms with Gasteiger partial charge in [-0.15, -0.1) is 0 Å². The second-order valence-corrected chi connectivity index (χ2v) is 26.0. The molecular formula is C66H98N14O15. The monoisotopic (exact) mass is 1330 g/mol. The molecule has 4 rings (SSSR count). The Bertz CT molecular complexity index is 3030. The van der Waals surface area contributed by atoms with E-state index in [0.717, 1.165) is 0 Å². The number of carbonyl (C=O) groups is 13. The van der Waals surface area contributed by atoms with Crippen LogP contribution in [-0.4, -0.2) is 185 Å². The van der Waals surface area contributed by atoms with Crippen LogP contribution in [0.3, 0.4) is 0 Å². The van der Waals surface area contributed by atoms with E-state index in [0.29, 0.717) is 43.2 Å². The number of likely N-dealkylation sites (tertiary alicyclic amines) is 2. The first-order valence-corrected chi connectivity index (χ1v) is 32.4. The van der Waals surface area contributed by atoms with Gasteiger partial charge in [0.1, 0.15) is 65.3 Å². The maximum atomic E-state index is 15.0. The molecule has 12 amide bonds. The average molecular weight is 1330 g/mol. The minimum absolute atomic E-state index is 0.00936. The van der Waals surface area contributed by atoms with Gasteiger partial charge in [-0.05, 0) is 144 Å². The van der Waals surface area contributed by atoms with E-state index in [4.69, 9.17) is 9.47 Å². The van der Waals surface area contributed by atoms with Crippen LogP contribution in [0.25, 0.3) is 12.2 Å². The minimum atomic E-state index is -1.35. The Kier molecular flexibility index (Phi) is 31.9. The van der Waals surface area contributed by atoms with Crippen molar-refractivity contribution >= 4 is 90.2 Å². The first-order valence-electron chi connectivity index (χ1n) is 32.4. The molecule has 95 heavy (non-hydrogen) atoms. The van der Waals surface area contributed by atoms with Gasteiger partial charge in [0, 0.05) is 51.0 Å². The van der Waals surface area contributed by atoms with E-state index in [-0.39, 0.29) is 94.4 Å². The number of methoxy groups -OCH3 is 1. The summed E-state index contributed by atoms with van der Waals surface area (Å²) in [7, 11) is 1.22. The number of hydrogen-bond donors (Lipinski definition) is 10. The fourth-order valence-corrected chi connectivity index (χ4v) is 10.7. The zero-order valence-electron chi connectivity index (χ0n) is 56.7. The fraction of sp³-hybridized carbons (Fsp3) is 0.591. The molecule has 2 saturated heterocycles. The highest BCUT2D eigenvalue weighted by Crippen LogP contribution is 2.24. The largest absolute Gasteiger partial charge is 0.467 e. The molecule has 0 bridgehead atoms. The van der Waals surface area contributed by atoms with Gasteiger partial charge in [0.2, 0.25) is 54.2 Å². The van der Waals surface area contributed by atoms with Gasteiger partial charge in [-0.2, -0.15) is 0 Å². The van der Waals surface area contributed by atoms with Crippen LogP contribution in [-0.2, 0) is 67.0 Å². The van der Waals surface area contributed by atoms with Crippen molar-refractivity contribution < 1.29 is 71.8 Å². The quantitative estimate of drug-likeness (QED) is 0.0202. The van der Waals surface area contributed by atoms with Crippen molar-refractivity contribution in [1.82, 2.24) is 72.9 Å². The lowest BCUT2D eigenvalue weighted by Crippen LogP contribution is -2.59. The molecule has 29 nitrogen and oxygen atoms in total. The molecule has 0 aliphatic carbocycles. The molecule has 4 heterocycles. The highest BCUT2D eigenvalue weighted by Gasteiger charge is 2.41. The maximum Gasteiger partial charge on any atom is 0.408 e. The van der Waals surface area contributed by atoms with Gasteiger partial charge in [0.15, 0.2) is 0 Å². The maximum absolute atomic E-state index is 15.0. The number of rotatable bonds is 36. The molecule has 2 aliphatic heterocycles. The van der Waals surface area contributed by atoms with E-state index in [1.165, 1.54) is 53.8 Å². The smallest absolute Gasteiger partial charge is 0.408 e. The molecule has 0 aromatic carbocycles. The topological polar surface area (TPSA) is 393 Å². The first-order chi connectivity index (χ1) is 45.0. The summed E-state index contributed by atoms with van der Waals surface area (Å²) in [4.78, 5) is 189. The SMILES string of the molecule is COC(=O)[C@@H]1CCCN1C(=O)/C(=C/c1cccnc1)NC(=O)[C@H](CC(C)C)NC(=O)[C@H](CCCNC=O)NC(=O)[C@@H](NC(=O)[C@@H]1CCCN1C(=O)/C(=C/c1cccnc1)NC(=O)[C@H](CC(C)C)NC(=O)[C@H](CCCNC=O)NC(=O)[C@@H](NC(=O)OC(C)(C)C)C(C)C)C(C)C. The average Bonchev–Trinajstić information content (AvgIpc) is 1.79.